The lowest BCUT2D eigenvalue weighted by molar-refractivity contribution is -0.142. The summed E-state index contributed by atoms with van der Waals surface area (Å²) < 4.78 is 16.1. The van der Waals surface area contributed by atoms with Crippen LogP contribution in [0.1, 0.15) is 25.0 Å². The molecule has 0 aliphatic carbocycles. The maximum Gasteiger partial charge on any atom is 0.306 e. The van der Waals surface area contributed by atoms with Crippen LogP contribution < -0.4 is 14.4 Å². The van der Waals surface area contributed by atoms with Crippen molar-refractivity contribution in [3.63, 3.8) is 0 Å². The van der Waals surface area contributed by atoms with Gasteiger partial charge in [-0.25, -0.2) is 4.98 Å². The normalized spacial score (nSPS) is 16.2. The number of carboxylic acid groups (broad SMARTS) is 1. The molecule has 0 atom stereocenters. The first-order chi connectivity index (χ1) is 14.2. The molecule has 0 saturated carbocycles. The van der Waals surface area contributed by atoms with Crippen molar-refractivity contribution >= 4 is 11.8 Å². The number of methoxy groups -OCH3 is 1. The van der Waals surface area contributed by atoms with Crippen molar-refractivity contribution in [1.29, 1.82) is 0 Å². The Morgan fingerprint density at radius 2 is 2.07 bits per heavy atom. The van der Waals surface area contributed by atoms with Crippen LogP contribution in [0.3, 0.4) is 0 Å². The summed E-state index contributed by atoms with van der Waals surface area (Å²) in [6, 6.07) is 5.76. The van der Waals surface area contributed by atoms with Crippen LogP contribution in [-0.2, 0) is 16.0 Å². The highest BCUT2D eigenvalue weighted by Crippen LogP contribution is 2.38. The van der Waals surface area contributed by atoms with Gasteiger partial charge in [0.05, 0.1) is 11.6 Å². The molecular weight excluding hydrogens is 374 g/mol. The van der Waals surface area contributed by atoms with Crippen molar-refractivity contribution in [3.8, 4) is 22.8 Å². The molecular formula is C21H25N3O5. The van der Waals surface area contributed by atoms with Crippen LogP contribution in [0, 0.1) is 5.92 Å². The molecule has 0 spiro atoms. The lowest BCUT2D eigenvalue weighted by Crippen LogP contribution is -2.37. The monoisotopic (exact) mass is 399 g/mol. The van der Waals surface area contributed by atoms with Gasteiger partial charge in [0.15, 0.2) is 17.3 Å². The molecule has 1 saturated heterocycles. The fourth-order valence-electron chi connectivity index (χ4n) is 3.74. The number of nitrogens with zero attached hydrogens (tertiary/aromatic N) is 3. The summed E-state index contributed by atoms with van der Waals surface area (Å²) in [5.74, 6) is 1.20. The number of rotatable bonds is 7. The Labute approximate surface area is 169 Å². The van der Waals surface area contributed by atoms with Crippen LogP contribution in [0.5, 0.6) is 11.5 Å². The Bertz CT molecular complexity index is 881. The Hall–Kier alpha value is -2.87. The van der Waals surface area contributed by atoms with E-state index >= 15 is 0 Å². The van der Waals surface area contributed by atoms with E-state index in [9.17, 15) is 9.90 Å². The standard InChI is InChI=1S/C21H25N3O5/c1-27-10-2-3-16-12-22-19(15-4-5-17-18(11-15)29-13-28-17)20(23-16)24-8-6-14(7-9-24)21(25)26/h4-5,11-12,14H,2-3,6-10,13H2,1H3,(H,25,26). The first-order valence-electron chi connectivity index (χ1n) is 9.88. The third-order valence-electron chi connectivity index (χ3n) is 5.38. The van der Waals surface area contributed by atoms with E-state index < -0.39 is 5.97 Å². The van der Waals surface area contributed by atoms with Gasteiger partial charge in [-0.2, -0.15) is 0 Å². The molecule has 2 aliphatic heterocycles. The molecule has 1 N–H and O–H groups in total. The molecule has 2 aromatic rings. The van der Waals surface area contributed by atoms with Gasteiger partial charge in [0.25, 0.3) is 0 Å². The quantitative estimate of drug-likeness (QED) is 0.711. The third kappa shape index (κ3) is 4.27. The van der Waals surface area contributed by atoms with E-state index in [1.54, 1.807) is 7.11 Å². The van der Waals surface area contributed by atoms with Gasteiger partial charge in [0.1, 0.15) is 5.69 Å². The number of hydrogen-bond acceptors (Lipinski definition) is 7. The molecule has 8 nitrogen and oxygen atoms in total. The van der Waals surface area contributed by atoms with Crippen molar-refractivity contribution in [3.05, 3.63) is 30.1 Å². The molecule has 0 radical (unpaired) electrons. The van der Waals surface area contributed by atoms with Crippen molar-refractivity contribution < 1.29 is 24.1 Å². The number of carboxylic acids is 1. The number of fused-ring (bicyclic) bond motifs is 1. The minimum absolute atomic E-state index is 0.221. The summed E-state index contributed by atoms with van der Waals surface area (Å²) in [7, 11) is 1.69. The van der Waals surface area contributed by atoms with E-state index in [-0.39, 0.29) is 12.7 Å². The molecule has 1 aromatic heterocycles. The fraction of sp³-hybridized carbons (Fsp3) is 0.476. The summed E-state index contributed by atoms with van der Waals surface area (Å²) in [6.45, 7) is 2.18. The molecule has 154 valence electrons. The van der Waals surface area contributed by atoms with Crippen molar-refractivity contribution in [1.82, 2.24) is 9.97 Å². The van der Waals surface area contributed by atoms with Gasteiger partial charge in [-0.3, -0.25) is 9.78 Å². The smallest absolute Gasteiger partial charge is 0.306 e. The van der Waals surface area contributed by atoms with E-state index in [0.717, 1.165) is 41.4 Å². The summed E-state index contributed by atoms with van der Waals surface area (Å²) in [6.07, 6.45) is 4.66. The first-order valence-corrected chi connectivity index (χ1v) is 9.88. The number of hydrogen-bond donors (Lipinski definition) is 1. The zero-order valence-corrected chi connectivity index (χ0v) is 16.5. The maximum absolute atomic E-state index is 11.3. The molecule has 29 heavy (non-hydrogen) atoms. The third-order valence-corrected chi connectivity index (χ3v) is 5.38. The Kier molecular flexibility index (Phi) is 5.80. The van der Waals surface area contributed by atoms with Crippen LogP contribution in [0.25, 0.3) is 11.3 Å². The average molecular weight is 399 g/mol. The predicted octanol–water partition coefficient (Wildman–Crippen LogP) is 2.75. The largest absolute Gasteiger partial charge is 0.481 e. The van der Waals surface area contributed by atoms with Gasteiger partial charge in [0.2, 0.25) is 6.79 Å². The SMILES string of the molecule is COCCCc1cnc(-c2ccc3c(c2)OCO3)c(N2CCC(C(=O)O)CC2)n1. The molecule has 0 unspecified atom stereocenters. The van der Waals surface area contributed by atoms with E-state index in [0.29, 0.717) is 38.3 Å². The number of carbonyl (C=O) groups is 1. The average Bonchev–Trinajstić information content (AvgIpc) is 3.22. The zero-order valence-electron chi connectivity index (χ0n) is 16.5. The van der Waals surface area contributed by atoms with Gasteiger partial charge in [-0.05, 0) is 43.9 Å². The highest BCUT2D eigenvalue weighted by molar-refractivity contribution is 5.75. The molecule has 0 bridgehead atoms. The van der Waals surface area contributed by atoms with Crippen LogP contribution in [0.4, 0.5) is 5.82 Å². The lowest BCUT2D eigenvalue weighted by atomic mass is 9.97. The molecule has 0 amide bonds. The van der Waals surface area contributed by atoms with Crippen LogP contribution in [0.2, 0.25) is 0 Å². The molecule has 3 heterocycles. The molecule has 1 aromatic carbocycles. The molecule has 4 rings (SSSR count). The minimum Gasteiger partial charge on any atom is -0.481 e. The number of ether oxygens (including phenoxy) is 3. The zero-order chi connectivity index (χ0) is 20.2. The van der Waals surface area contributed by atoms with E-state index in [4.69, 9.17) is 24.2 Å². The van der Waals surface area contributed by atoms with E-state index in [1.807, 2.05) is 24.4 Å². The fourth-order valence-corrected chi connectivity index (χ4v) is 3.74. The number of aryl methyl sites for hydroxylation is 1. The Balaban J connectivity index is 1.64. The maximum atomic E-state index is 11.3. The molecule has 2 aliphatic rings. The van der Waals surface area contributed by atoms with Gasteiger partial charge >= 0.3 is 5.97 Å². The van der Waals surface area contributed by atoms with Crippen LogP contribution >= 0.6 is 0 Å². The van der Waals surface area contributed by atoms with Crippen molar-refractivity contribution in [2.75, 3.05) is 38.5 Å². The number of aromatic nitrogens is 2. The van der Waals surface area contributed by atoms with Gasteiger partial charge < -0.3 is 24.2 Å². The van der Waals surface area contributed by atoms with Gasteiger partial charge in [0, 0.05) is 38.6 Å². The topological polar surface area (TPSA) is 94.0 Å². The number of benzene rings is 1. The summed E-state index contributed by atoms with van der Waals surface area (Å²) >= 11 is 0. The van der Waals surface area contributed by atoms with Crippen molar-refractivity contribution in [2.45, 2.75) is 25.7 Å². The summed E-state index contributed by atoms with van der Waals surface area (Å²) in [4.78, 5) is 23.1. The molecule has 1 fully saturated rings. The number of piperidine rings is 1. The minimum atomic E-state index is -0.722. The highest BCUT2D eigenvalue weighted by Gasteiger charge is 2.27. The second-order valence-electron chi connectivity index (χ2n) is 7.30. The van der Waals surface area contributed by atoms with Gasteiger partial charge in [-0.1, -0.05) is 0 Å². The van der Waals surface area contributed by atoms with Crippen LogP contribution in [0.15, 0.2) is 24.4 Å². The highest BCUT2D eigenvalue weighted by atomic mass is 16.7. The number of anilines is 1. The van der Waals surface area contributed by atoms with Crippen LogP contribution in [-0.4, -0.2) is 54.6 Å². The second kappa shape index (κ2) is 8.65. The number of aliphatic carboxylic acids is 1. The molecule has 8 heteroatoms. The first kappa shape index (κ1) is 19.4. The van der Waals surface area contributed by atoms with E-state index in [2.05, 4.69) is 4.90 Å². The summed E-state index contributed by atoms with van der Waals surface area (Å²) in [5, 5.41) is 9.30. The summed E-state index contributed by atoms with van der Waals surface area (Å²) in [5.41, 5.74) is 2.58. The van der Waals surface area contributed by atoms with E-state index in [1.165, 1.54) is 0 Å². The Morgan fingerprint density at radius 3 is 2.83 bits per heavy atom. The predicted molar refractivity (Wildman–Crippen MR) is 106 cm³/mol. The second-order valence-corrected chi connectivity index (χ2v) is 7.30. The van der Waals surface area contributed by atoms with Crippen molar-refractivity contribution in [2.24, 2.45) is 5.92 Å². The van der Waals surface area contributed by atoms with Gasteiger partial charge in [-0.15, -0.1) is 0 Å². The lowest BCUT2D eigenvalue weighted by Gasteiger charge is -2.32. The Morgan fingerprint density at radius 1 is 1.28 bits per heavy atom.